The molecule has 1 atom stereocenters. The molecule has 1 aromatic rings. The van der Waals surface area contributed by atoms with E-state index in [2.05, 4.69) is 0 Å². The molecule has 0 heterocycles. The molecule has 0 aliphatic heterocycles. The number of rotatable bonds is 5. The zero-order valence-corrected chi connectivity index (χ0v) is 10.5. The molecule has 7 heteroatoms. The summed E-state index contributed by atoms with van der Waals surface area (Å²) in [5, 5.41) is 19.3. The molecule has 0 aromatic heterocycles. The van der Waals surface area contributed by atoms with Gasteiger partial charge in [0.25, 0.3) is 5.69 Å². The second kappa shape index (κ2) is 5.67. The van der Waals surface area contributed by atoms with Crippen molar-refractivity contribution in [1.29, 1.82) is 5.26 Å². The minimum absolute atomic E-state index is 0.00768. The number of nitrogens with zero attached hydrogens (tertiary/aromatic N) is 2. The van der Waals surface area contributed by atoms with E-state index in [-0.39, 0.29) is 17.3 Å². The predicted molar refractivity (Wildman–Crippen MR) is 66.4 cm³/mol. The summed E-state index contributed by atoms with van der Waals surface area (Å²) in [6.07, 6.45) is 0.345. The first kappa shape index (κ1) is 14.2. The van der Waals surface area contributed by atoms with Crippen LogP contribution in [-0.2, 0) is 0 Å². The lowest BCUT2D eigenvalue weighted by Gasteiger charge is -2.15. The molecular weight excluding hydrogens is 258 g/mol. The maximum atomic E-state index is 10.5. The summed E-state index contributed by atoms with van der Waals surface area (Å²) in [6, 6.07) is 6.02. The lowest BCUT2D eigenvalue weighted by atomic mass is 10.0. The predicted octanol–water partition coefficient (Wildman–Crippen LogP) is 2.26. The van der Waals surface area contributed by atoms with Crippen LogP contribution in [0.4, 0.5) is 5.69 Å². The number of benzene rings is 1. The highest BCUT2D eigenvalue weighted by atomic mass is 35.5. The molecule has 0 saturated carbocycles. The number of halogens is 1. The smallest absolute Gasteiger partial charge is 0.288 e. The minimum Gasteiger partial charge on any atom is -0.493 e. The van der Waals surface area contributed by atoms with Gasteiger partial charge in [0, 0.05) is 18.6 Å². The van der Waals surface area contributed by atoms with Crippen LogP contribution in [0.2, 0.25) is 5.02 Å². The van der Waals surface area contributed by atoms with Gasteiger partial charge in [0.15, 0.2) is 0 Å². The first-order valence-electron chi connectivity index (χ1n) is 5.12. The molecule has 0 bridgehead atoms. The first-order chi connectivity index (χ1) is 8.35. The Bertz CT molecular complexity index is 497. The third kappa shape index (κ3) is 3.87. The molecule has 0 aliphatic carbocycles. The van der Waals surface area contributed by atoms with Crippen molar-refractivity contribution in [2.45, 2.75) is 18.9 Å². The zero-order valence-electron chi connectivity index (χ0n) is 9.72. The Hall–Kier alpha value is -1.84. The number of nitrogens with two attached hydrogens (primary N) is 1. The van der Waals surface area contributed by atoms with Crippen molar-refractivity contribution in [2.75, 3.05) is 6.61 Å². The maximum Gasteiger partial charge on any atom is 0.288 e. The number of hydrogen-bond donors (Lipinski definition) is 1. The molecule has 2 N–H and O–H groups in total. The molecule has 1 rings (SSSR count). The van der Waals surface area contributed by atoms with Gasteiger partial charge < -0.3 is 10.5 Å². The first-order valence-corrected chi connectivity index (χ1v) is 5.50. The normalized spacial score (nSPS) is 13.4. The third-order valence-electron chi connectivity index (χ3n) is 2.26. The summed E-state index contributed by atoms with van der Waals surface area (Å²) in [6.45, 7) is 1.83. The van der Waals surface area contributed by atoms with Gasteiger partial charge >= 0.3 is 0 Å². The van der Waals surface area contributed by atoms with Crippen LogP contribution in [0.1, 0.15) is 13.3 Å². The molecule has 0 aliphatic rings. The van der Waals surface area contributed by atoms with Gasteiger partial charge in [0.1, 0.15) is 16.3 Å². The lowest BCUT2D eigenvalue weighted by molar-refractivity contribution is -0.384. The van der Waals surface area contributed by atoms with Crippen LogP contribution in [0, 0.1) is 21.4 Å². The Morgan fingerprint density at radius 2 is 2.33 bits per heavy atom. The van der Waals surface area contributed by atoms with E-state index in [1.54, 1.807) is 6.92 Å². The van der Waals surface area contributed by atoms with Crippen molar-refractivity contribution in [2.24, 2.45) is 5.73 Å². The van der Waals surface area contributed by atoms with Crippen LogP contribution < -0.4 is 10.5 Å². The number of hydrogen-bond acceptors (Lipinski definition) is 5. The number of nitriles is 1. The molecular formula is C11H12ClN3O3. The van der Waals surface area contributed by atoms with Crippen molar-refractivity contribution in [3.8, 4) is 11.8 Å². The lowest BCUT2D eigenvalue weighted by Crippen LogP contribution is -2.35. The minimum atomic E-state index is -0.954. The molecule has 0 amide bonds. The molecule has 18 heavy (non-hydrogen) atoms. The van der Waals surface area contributed by atoms with E-state index in [0.717, 1.165) is 0 Å². The van der Waals surface area contributed by atoms with Gasteiger partial charge in [-0.2, -0.15) is 5.26 Å². The fourth-order valence-electron chi connectivity index (χ4n) is 1.16. The van der Waals surface area contributed by atoms with Crippen molar-refractivity contribution in [3.63, 3.8) is 0 Å². The van der Waals surface area contributed by atoms with E-state index in [1.165, 1.54) is 18.2 Å². The monoisotopic (exact) mass is 269 g/mol. The van der Waals surface area contributed by atoms with E-state index >= 15 is 0 Å². The Morgan fingerprint density at radius 3 is 2.83 bits per heavy atom. The summed E-state index contributed by atoms with van der Waals surface area (Å²) in [5.41, 5.74) is 4.49. The van der Waals surface area contributed by atoms with Gasteiger partial charge in [0.2, 0.25) is 0 Å². The van der Waals surface area contributed by atoms with Crippen molar-refractivity contribution < 1.29 is 9.66 Å². The molecule has 1 unspecified atom stereocenters. The fraction of sp³-hybridized carbons (Fsp3) is 0.364. The van der Waals surface area contributed by atoms with E-state index in [0.29, 0.717) is 12.2 Å². The summed E-state index contributed by atoms with van der Waals surface area (Å²) < 4.78 is 5.32. The van der Waals surface area contributed by atoms with Crippen LogP contribution >= 0.6 is 11.6 Å². The van der Waals surface area contributed by atoms with Crippen LogP contribution in [0.25, 0.3) is 0 Å². The summed E-state index contributed by atoms with van der Waals surface area (Å²) in [7, 11) is 0. The van der Waals surface area contributed by atoms with Crippen LogP contribution in [-0.4, -0.2) is 17.1 Å². The average molecular weight is 270 g/mol. The largest absolute Gasteiger partial charge is 0.493 e. The van der Waals surface area contributed by atoms with E-state index in [4.69, 9.17) is 27.3 Å². The second-order valence-corrected chi connectivity index (χ2v) is 4.41. The highest BCUT2D eigenvalue weighted by Crippen LogP contribution is 2.28. The zero-order chi connectivity index (χ0) is 13.8. The number of ether oxygens (including phenoxy) is 1. The molecule has 0 saturated heterocycles. The van der Waals surface area contributed by atoms with Crippen molar-refractivity contribution in [3.05, 3.63) is 33.3 Å². The highest BCUT2D eigenvalue weighted by molar-refractivity contribution is 6.32. The van der Waals surface area contributed by atoms with Gasteiger partial charge in [-0.25, -0.2) is 0 Å². The summed E-state index contributed by atoms with van der Waals surface area (Å²) >= 11 is 5.72. The third-order valence-corrected chi connectivity index (χ3v) is 2.56. The molecule has 96 valence electrons. The SMILES string of the molecule is CC(N)(C#N)CCOc1ccc([N+](=O)[O-])c(Cl)c1. The molecule has 6 nitrogen and oxygen atoms in total. The topological polar surface area (TPSA) is 102 Å². The Balaban J connectivity index is 2.63. The quantitative estimate of drug-likeness (QED) is 0.652. The fourth-order valence-corrected chi connectivity index (χ4v) is 1.40. The number of nitro groups is 1. The van der Waals surface area contributed by atoms with Crippen LogP contribution in [0.3, 0.4) is 0 Å². The Morgan fingerprint density at radius 1 is 1.67 bits per heavy atom. The number of nitro benzene ring substituents is 1. The summed E-state index contributed by atoms with van der Waals surface area (Å²) in [5.74, 6) is 0.402. The molecule has 0 spiro atoms. The van der Waals surface area contributed by atoms with Crippen molar-refractivity contribution in [1.82, 2.24) is 0 Å². The molecule has 0 radical (unpaired) electrons. The van der Waals surface area contributed by atoms with Gasteiger partial charge in [-0.3, -0.25) is 10.1 Å². The molecule has 0 fully saturated rings. The van der Waals surface area contributed by atoms with Gasteiger partial charge in [-0.05, 0) is 13.0 Å². The standard InChI is InChI=1S/C11H12ClN3O3/c1-11(14,7-13)4-5-18-8-2-3-10(15(16)17)9(12)6-8/h2-3,6H,4-5,14H2,1H3. The van der Waals surface area contributed by atoms with Crippen LogP contribution in [0.5, 0.6) is 5.75 Å². The Kier molecular flexibility index (Phi) is 4.48. The van der Waals surface area contributed by atoms with Gasteiger partial charge in [-0.15, -0.1) is 0 Å². The molecule has 1 aromatic carbocycles. The highest BCUT2D eigenvalue weighted by Gasteiger charge is 2.17. The van der Waals surface area contributed by atoms with Crippen LogP contribution in [0.15, 0.2) is 18.2 Å². The van der Waals surface area contributed by atoms with Gasteiger partial charge in [-0.1, -0.05) is 11.6 Å². The van der Waals surface area contributed by atoms with Crippen molar-refractivity contribution >= 4 is 17.3 Å². The average Bonchev–Trinajstić information content (AvgIpc) is 2.28. The maximum absolute atomic E-state index is 10.5. The second-order valence-electron chi connectivity index (χ2n) is 4.00. The van der Waals surface area contributed by atoms with E-state index < -0.39 is 10.5 Å². The Labute approximate surface area is 109 Å². The van der Waals surface area contributed by atoms with Gasteiger partial charge in [0.05, 0.1) is 17.6 Å². The van der Waals surface area contributed by atoms with E-state index in [1.807, 2.05) is 6.07 Å². The summed E-state index contributed by atoms with van der Waals surface area (Å²) in [4.78, 5) is 9.97. The van der Waals surface area contributed by atoms with E-state index in [9.17, 15) is 10.1 Å².